The van der Waals surface area contributed by atoms with Crippen molar-refractivity contribution in [2.45, 2.75) is 38.1 Å². The van der Waals surface area contributed by atoms with E-state index in [9.17, 15) is 9.90 Å². The second-order valence-corrected chi connectivity index (χ2v) is 6.20. The Morgan fingerprint density at radius 3 is 2.95 bits per heavy atom. The number of likely N-dealkylation sites (tertiary alicyclic amines) is 1. The first-order valence-corrected chi connectivity index (χ1v) is 7.80. The molecule has 3 rings (SSSR count). The van der Waals surface area contributed by atoms with Gasteiger partial charge >= 0.3 is 5.97 Å². The van der Waals surface area contributed by atoms with Crippen LogP contribution in [0.5, 0.6) is 5.75 Å². The smallest absolute Gasteiger partial charge is 0.307 e. The van der Waals surface area contributed by atoms with Crippen molar-refractivity contribution in [1.82, 2.24) is 4.90 Å². The van der Waals surface area contributed by atoms with Gasteiger partial charge in [0.05, 0.1) is 13.0 Å². The Hall–Kier alpha value is -1.55. The fourth-order valence-electron chi connectivity index (χ4n) is 3.69. The lowest BCUT2D eigenvalue weighted by Gasteiger charge is -2.39. The summed E-state index contributed by atoms with van der Waals surface area (Å²) in [5.74, 6) is 0.0829. The summed E-state index contributed by atoms with van der Waals surface area (Å²) in [6, 6.07) is 6.81. The molecule has 1 aliphatic carbocycles. The zero-order valence-electron chi connectivity index (χ0n) is 12.5. The van der Waals surface area contributed by atoms with Gasteiger partial charge < -0.3 is 9.84 Å². The maximum Gasteiger partial charge on any atom is 0.307 e. The zero-order valence-corrected chi connectivity index (χ0v) is 12.5. The van der Waals surface area contributed by atoms with Gasteiger partial charge in [-0.15, -0.1) is 0 Å². The van der Waals surface area contributed by atoms with Gasteiger partial charge in [0.2, 0.25) is 0 Å². The van der Waals surface area contributed by atoms with Crippen molar-refractivity contribution in [3.05, 3.63) is 29.3 Å². The highest BCUT2D eigenvalue weighted by atomic mass is 16.5. The van der Waals surface area contributed by atoms with Crippen LogP contribution in [0.4, 0.5) is 0 Å². The predicted molar refractivity (Wildman–Crippen MR) is 80.7 cm³/mol. The van der Waals surface area contributed by atoms with Gasteiger partial charge in [-0.1, -0.05) is 6.07 Å². The van der Waals surface area contributed by atoms with Gasteiger partial charge in [-0.25, -0.2) is 0 Å². The van der Waals surface area contributed by atoms with Gasteiger partial charge in [0.25, 0.3) is 0 Å². The van der Waals surface area contributed by atoms with E-state index < -0.39 is 5.97 Å². The summed E-state index contributed by atoms with van der Waals surface area (Å²) < 4.78 is 5.32. The summed E-state index contributed by atoms with van der Waals surface area (Å²) in [6.07, 6.45) is 5.05. The Balaban J connectivity index is 1.71. The van der Waals surface area contributed by atoms with Crippen molar-refractivity contribution in [2.24, 2.45) is 5.92 Å². The Morgan fingerprint density at radius 1 is 1.33 bits per heavy atom. The molecule has 0 radical (unpaired) electrons. The lowest BCUT2D eigenvalue weighted by molar-refractivity contribution is -0.144. The van der Waals surface area contributed by atoms with E-state index in [0.717, 1.165) is 44.4 Å². The van der Waals surface area contributed by atoms with Crippen LogP contribution in [0.1, 0.15) is 30.4 Å². The summed E-state index contributed by atoms with van der Waals surface area (Å²) in [4.78, 5) is 13.6. The molecule has 21 heavy (non-hydrogen) atoms. The molecular weight excluding hydrogens is 266 g/mol. The third-order valence-electron chi connectivity index (χ3n) is 4.93. The average Bonchev–Trinajstić information content (AvgIpc) is 2.53. The number of carboxylic acids is 1. The van der Waals surface area contributed by atoms with E-state index in [1.54, 1.807) is 7.11 Å². The number of nitrogens with zero attached hydrogens (tertiary/aromatic N) is 1. The number of carboxylic acid groups (broad SMARTS) is 1. The number of carbonyl (C=O) groups is 1. The van der Waals surface area contributed by atoms with Crippen molar-refractivity contribution in [2.75, 3.05) is 20.2 Å². The van der Waals surface area contributed by atoms with Gasteiger partial charge in [0.1, 0.15) is 5.75 Å². The highest BCUT2D eigenvalue weighted by Gasteiger charge is 2.31. The first-order valence-electron chi connectivity index (χ1n) is 7.80. The normalized spacial score (nSPS) is 26.1. The van der Waals surface area contributed by atoms with E-state index in [2.05, 4.69) is 17.0 Å². The van der Waals surface area contributed by atoms with Gasteiger partial charge in [-0.3, -0.25) is 9.69 Å². The lowest BCUT2D eigenvalue weighted by atomic mass is 9.85. The quantitative estimate of drug-likeness (QED) is 0.928. The molecule has 1 aromatic rings. The standard InChI is InChI=1S/C17H23NO3/c1-21-16-7-5-12-4-6-15(9-14(12)10-16)18-8-2-3-13(11-18)17(19)20/h5,7,10,13,15H,2-4,6,8-9,11H2,1H3,(H,19,20). The average molecular weight is 289 g/mol. The number of fused-ring (bicyclic) bond motifs is 1. The van der Waals surface area contributed by atoms with E-state index in [4.69, 9.17) is 4.74 Å². The number of ether oxygens (including phenoxy) is 1. The minimum atomic E-state index is -0.641. The van der Waals surface area contributed by atoms with Gasteiger partial charge in [0.15, 0.2) is 0 Å². The molecule has 2 atom stereocenters. The Morgan fingerprint density at radius 2 is 2.19 bits per heavy atom. The molecule has 0 amide bonds. The van der Waals surface area contributed by atoms with Crippen LogP contribution in [0.2, 0.25) is 0 Å². The molecule has 2 aliphatic rings. The fourth-order valence-corrected chi connectivity index (χ4v) is 3.69. The number of aliphatic carboxylic acids is 1. The van der Waals surface area contributed by atoms with Crippen LogP contribution in [0, 0.1) is 5.92 Å². The van der Waals surface area contributed by atoms with Gasteiger partial charge in [0, 0.05) is 12.6 Å². The third kappa shape index (κ3) is 3.05. The molecule has 4 nitrogen and oxygen atoms in total. The molecule has 0 spiro atoms. The second kappa shape index (κ2) is 6.06. The lowest BCUT2D eigenvalue weighted by Crippen LogP contribution is -2.46. The van der Waals surface area contributed by atoms with Crippen LogP contribution in [-0.2, 0) is 17.6 Å². The molecule has 1 fully saturated rings. The summed E-state index contributed by atoms with van der Waals surface area (Å²) in [6.45, 7) is 1.74. The largest absolute Gasteiger partial charge is 0.497 e. The first kappa shape index (κ1) is 14.4. The summed E-state index contributed by atoms with van der Waals surface area (Å²) in [5.41, 5.74) is 2.78. The summed E-state index contributed by atoms with van der Waals surface area (Å²) in [7, 11) is 1.70. The Kier molecular flexibility index (Phi) is 4.15. The molecule has 114 valence electrons. The molecular formula is C17H23NO3. The topological polar surface area (TPSA) is 49.8 Å². The van der Waals surface area contributed by atoms with Crippen LogP contribution in [-0.4, -0.2) is 42.2 Å². The van der Waals surface area contributed by atoms with Crippen LogP contribution < -0.4 is 4.74 Å². The van der Waals surface area contributed by atoms with Crippen LogP contribution in [0.3, 0.4) is 0 Å². The summed E-state index contributed by atoms with van der Waals surface area (Å²) >= 11 is 0. The highest BCUT2D eigenvalue weighted by molar-refractivity contribution is 5.70. The van der Waals surface area contributed by atoms with Gasteiger partial charge in [-0.05, 0) is 61.9 Å². The van der Waals surface area contributed by atoms with Crippen molar-refractivity contribution >= 4 is 5.97 Å². The number of methoxy groups -OCH3 is 1. The van der Waals surface area contributed by atoms with Crippen molar-refractivity contribution in [3.8, 4) is 5.75 Å². The Bertz CT molecular complexity index is 529. The van der Waals surface area contributed by atoms with Gasteiger partial charge in [-0.2, -0.15) is 0 Å². The minimum Gasteiger partial charge on any atom is -0.497 e. The van der Waals surface area contributed by atoms with Crippen molar-refractivity contribution < 1.29 is 14.6 Å². The third-order valence-corrected chi connectivity index (χ3v) is 4.93. The molecule has 4 heteroatoms. The summed E-state index contributed by atoms with van der Waals surface area (Å²) in [5, 5.41) is 9.24. The number of hydrogen-bond donors (Lipinski definition) is 1. The number of hydrogen-bond acceptors (Lipinski definition) is 3. The maximum absolute atomic E-state index is 11.2. The van der Waals surface area contributed by atoms with E-state index in [1.807, 2.05) is 6.07 Å². The second-order valence-electron chi connectivity index (χ2n) is 6.20. The zero-order chi connectivity index (χ0) is 14.8. The van der Waals surface area contributed by atoms with E-state index in [0.29, 0.717) is 12.6 Å². The number of aryl methyl sites for hydroxylation is 1. The number of benzene rings is 1. The Labute approximate surface area is 125 Å². The SMILES string of the molecule is COc1ccc2c(c1)CC(N1CCCC(C(=O)O)C1)CC2. The number of piperidine rings is 1. The minimum absolute atomic E-state index is 0.189. The van der Waals surface area contributed by atoms with Crippen LogP contribution in [0.15, 0.2) is 18.2 Å². The van der Waals surface area contributed by atoms with E-state index >= 15 is 0 Å². The van der Waals surface area contributed by atoms with Crippen LogP contribution >= 0.6 is 0 Å². The van der Waals surface area contributed by atoms with Crippen molar-refractivity contribution in [1.29, 1.82) is 0 Å². The molecule has 1 N–H and O–H groups in total. The molecule has 0 bridgehead atoms. The maximum atomic E-state index is 11.2. The van der Waals surface area contributed by atoms with Crippen molar-refractivity contribution in [3.63, 3.8) is 0 Å². The highest BCUT2D eigenvalue weighted by Crippen LogP contribution is 2.30. The molecule has 1 heterocycles. The molecule has 1 aliphatic heterocycles. The first-order chi connectivity index (χ1) is 10.2. The molecule has 0 saturated carbocycles. The molecule has 2 unspecified atom stereocenters. The fraction of sp³-hybridized carbons (Fsp3) is 0.588. The van der Waals surface area contributed by atoms with E-state index in [-0.39, 0.29) is 5.92 Å². The molecule has 1 saturated heterocycles. The predicted octanol–water partition coefficient (Wildman–Crippen LogP) is 2.35. The van der Waals surface area contributed by atoms with E-state index in [1.165, 1.54) is 11.1 Å². The number of rotatable bonds is 3. The monoisotopic (exact) mass is 289 g/mol. The van der Waals surface area contributed by atoms with Crippen LogP contribution in [0.25, 0.3) is 0 Å². The molecule has 1 aromatic carbocycles. The molecule has 0 aromatic heterocycles.